The van der Waals surface area contributed by atoms with Gasteiger partial charge in [-0.15, -0.1) is 0 Å². The molecule has 1 aliphatic heterocycles. The molecule has 6 nitrogen and oxygen atoms in total. The third kappa shape index (κ3) is 1.95. The standard InChI is InChI=1S/C13H18N2O4/c1-6-3-9(16)8-4-10(19-11(6)8)15-5-7(2)12(17)14-13(15)18/h5-6,8-11,16H,3-4H2,1-2H3,(H,14,17,18)/t6-,8+,9-,10-,11-/m1/s1. The number of rotatable bonds is 1. The first-order chi connectivity index (χ1) is 8.97. The van der Waals surface area contributed by atoms with Gasteiger partial charge in [0.1, 0.15) is 6.23 Å². The Morgan fingerprint density at radius 2 is 2.16 bits per heavy atom. The second kappa shape index (κ2) is 4.31. The number of nitrogens with zero attached hydrogens (tertiary/aromatic N) is 1. The molecule has 6 heteroatoms. The molecular formula is C13H18N2O4. The SMILES string of the molecule is Cc1cn([C@H]2C[C@@H]3[C@H](O2)[C@H](C)C[C@H]3O)c(=O)[nH]c1=O. The Morgan fingerprint density at radius 1 is 1.42 bits per heavy atom. The van der Waals surface area contributed by atoms with Gasteiger partial charge in [-0.05, 0) is 19.3 Å². The van der Waals surface area contributed by atoms with Crippen LogP contribution >= 0.6 is 0 Å². The maximum absolute atomic E-state index is 11.8. The van der Waals surface area contributed by atoms with Crippen LogP contribution in [0.5, 0.6) is 0 Å². The van der Waals surface area contributed by atoms with Crippen molar-refractivity contribution in [3.05, 3.63) is 32.6 Å². The number of ether oxygens (including phenoxy) is 1. The van der Waals surface area contributed by atoms with Crippen LogP contribution < -0.4 is 11.2 Å². The topological polar surface area (TPSA) is 84.3 Å². The van der Waals surface area contributed by atoms with Crippen molar-refractivity contribution in [1.29, 1.82) is 0 Å². The normalized spacial score (nSPS) is 37.5. The van der Waals surface area contributed by atoms with E-state index in [1.54, 1.807) is 6.92 Å². The molecule has 3 rings (SSSR count). The molecule has 1 aromatic rings. The minimum atomic E-state index is -0.456. The highest BCUT2D eigenvalue weighted by atomic mass is 16.5. The van der Waals surface area contributed by atoms with Crippen LogP contribution in [-0.4, -0.2) is 26.9 Å². The van der Waals surface area contributed by atoms with Crippen molar-refractivity contribution in [1.82, 2.24) is 9.55 Å². The molecule has 2 heterocycles. The van der Waals surface area contributed by atoms with E-state index in [-0.39, 0.29) is 23.7 Å². The first kappa shape index (κ1) is 12.6. The number of fused-ring (bicyclic) bond motifs is 1. The van der Waals surface area contributed by atoms with Gasteiger partial charge in [0.15, 0.2) is 0 Å². The summed E-state index contributed by atoms with van der Waals surface area (Å²) in [5.74, 6) is 0.378. The lowest BCUT2D eigenvalue weighted by molar-refractivity contribution is -0.0221. The van der Waals surface area contributed by atoms with E-state index in [9.17, 15) is 14.7 Å². The minimum Gasteiger partial charge on any atom is -0.393 e. The zero-order valence-corrected chi connectivity index (χ0v) is 11.0. The van der Waals surface area contributed by atoms with Gasteiger partial charge in [-0.1, -0.05) is 6.92 Å². The van der Waals surface area contributed by atoms with Gasteiger partial charge in [0, 0.05) is 24.1 Å². The Hall–Kier alpha value is -1.40. The smallest absolute Gasteiger partial charge is 0.330 e. The maximum atomic E-state index is 11.8. The number of aliphatic hydroxyl groups excluding tert-OH is 1. The summed E-state index contributed by atoms with van der Waals surface area (Å²) in [6.07, 6.45) is 2.15. The zero-order chi connectivity index (χ0) is 13.7. The van der Waals surface area contributed by atoms with E-state index in [0.717, 1.165) is 6.42 Å². The van der Waals surface area contributed by atoms with Gasteiger partial charge in [0.05, 0.1) is 12.2 Å². The molecule has 0 bridgehead atoms. The highest BCUT2D eigenvalue weighted by Gasteiger charge is 2.48. The van der Waals surface area contributed by atoms with Crippen LogP contribution in [0, 0.1) is 18.8 Å². The zero-order valence-electron chi connectivity index (χ0n) is 11.0. The molecule has 0 radical (unpaired) electrons. The third-order valence-corrected chi connectivity index (χ3v) is 4.33. The number of aryl methyl sites for hydroxylation is 1. The van der Waals surface area contributed by atoms with Gasteiger partial charge in [0.2, 0.25) is 0 Å². The number of aromatic amines is 1. The molecule has 2 N–H and O–H groups in total. The fourth-order valence-corrected chi connectivity index (χ4v) is 3.31. The first-order valence-electron chi connectivity index (χ1n) is 6.63. The number of hydrogen-bond acceptors (Lipinski definition) is 4. The average molecular weight is 266 g/mol. The highest BCUT2D eigenvalue weighted by Crippen LogP contribution is 2.45. The molecule has 19 heavy (non-hydrogen) atoms. The Bertz CT molecular complexity index is 589. The van der Waals surface area contributed by atoms with Crippen molar-refractivity contribution in [2.75, 3.05) is 0 Å². The lowest BCUT2D eigenvalue weighted by atomic mass is 10.0. The molecular weight excluding hydrogens is 248 g/mol. The van der Waals surface area contributed by atoms with Crippen molar-refractivity contribution in [2.24, 2.45) is 11.8 Å². The fraction of sp³-hybridized carbons (Fsp3) is 0.692. The Kier molecular flexibility index (Phi) is 2.87. The van der Waals surface area contributed by atoms with Gasteiger partial charge in [-0.3, -0.25) is 14.3 Å². The summed E-state index contributed by atoms with van der Waals surface area (Å²) in [4.78, 5) is 25.5. The van der Waals surface area contributed by atoms with Crippen LogP contribution in [0.4, 0.5) is 0 Å². The van der Waals surface area contributed by atoms with E-state index in [1.165, 1.54) is 10.8 Å². The number of aliphatic hydroxyl groups is 1. The fourth-order valence-electron chi connectivity index (χ4n) is 3.31. The van der Waals surface area contributed by atoms with E-state index in [1.807, 2.05) is 0 Å². The van der Waals surface area contributed by atoms with E-state index in [2.05, 4.69) is 11.9 Å². The van der Waals surface area contributed by atoms with E-state index in [0.29, 0.717) is 17.9 Å². The number of aromatic nitrogens is 2. The van der Waals surface area contributed by atoms with Gasteiger partial charge in [0.25, 0.3) is 5.56 Å². The number of nitrogens with one attached hydrogen (secondary N) is 1. The molecule has 1 saturated carbocycles. The van der Waals surface area contributed by atoms with Crippen molar-refractivity contribution in [3.8, 4) is 0 Å². The monoisotopic (exact) mass is 266 g/mol. The number of hydrogen-bond donors (Lipinski definition) is 2. The molecule has 0 aromatic carbocycles. The molecule has 5 atom stereocenters. The maximum Gasteiger partial charge on any atom is 0.330 e. The Balaban J connectivity index is 1.92. The second-order valence-electron chi connectivity index (χ2n) is 5.71. The molecule has 0 spiro atoms. The molecule has 2 fully saturated rings. The molecule has 2 aliphatic rings. The average Bonchev–Trinajstić information content (AvgIpc) is 2.87. The van der Waals surface area contributed by atoms with Gasteiger partial charge >= 0.3 is 5.69 Å². The van der Waals surface area contributed by atoms with Crippen molar-refractivity contribution < 1.29 is 9.84 Å². The molecule has 104 valence electrons. The Labute approximate surface area is 110 Å². The van der Waals surface area contributed by atoms with Crippen LogP contribution in [-0.2, 0) is 4.74 Å². The highest BCUT2D eigenvalue weighted by molar-refractivity contribution is 5.03. The third-order valence-electron chi connectivity index (χ3n) is 4.33. The van der Waals surface area contributed by atoms with Gasteiger partial charge in [-0.25, -0.2) is 4.79 Å². The summed E-state index contributed by atoms with van der Waals surface area (Å²) >= 11 is 0. The summed E-state index contributed by atoms with van der Waals surface area (Å²) in [5.41, 5.74) is -0.343. The quantitative estimate of drug-likeness (QED) is 0.757. The van der Waals surface area contributed by atoms with Crippen LogP contribution in [0.15, 0.2) is 15.8 Å². The van der Waals surface area contributed by atoms with E-state index >= 15 is 0 Å². The molecule has 0 amide bonds. The van der Waals surface area contributed by atoms with Crippen molar-refractivity contribution >= 4 is 0 Å². The van der Waals surface area contributed by atoms with Crippen molar-refractivity contribution in [2.45, 2.75) is 45.1 Å². The second-order valence-corrected chi connectivity index (χ2v) is 5.71. The summed E-state index contributed by atoms with van der Waals surface area (Å²) in [5, 5.41) is 9.98. The van der Waals surface area contributed by atoms with Gasteiger partial charge in [-0.2, -0.15) is 0 Å². The van der Waals surface area contributed by atoms with Crippen molar-refractivity contribution in [3.63, 3.8) is 0 Å². The predicted molar refractivity (Wildman–Crippen MR) is 67.9 cm³/mol. The van der Waals surface area contributed by atoms with Crippen LogP contribution in [0.1, 0.15) is 31.6 Å². The summed E-state index contributed by atoms with van der Waals surface area (Å²) < 4.78 is 7.34. The summed E-state index contributed by atoms with van der Waals surface area (Å²) in [6.45, 7) is 3.71. The van der Waals surface area contributed by atoms with Crippen LogP contribution in [0.3, 0.4) is 0 Å². The Morgan fingerprint density at radius 3 is 2.84 bits per heavy atom. The largest absolute Gasteiger partial charge is 0.393 e. The molecule has 0 unspecified atom stereocenters. The van der Waals surface area contributed by atoms with Gasteiger partial charge < -0.3 is 9.84 Å². The lowest BCUT2D eigenvalue weighted by Crippen LogP contribution is -2.33. The summed E-state index contributed by atoms with van der Waals surface area (Å²) in [7, 11) is 0. The molecule has 1 aliphatic carbocycles. The van der Waals surface area contributed by atoms with Crippen LogP contribution in [0.25, 0.3) is 0 Å². The molecule has 1 aromatic heterocycles. The van der Waals surface area contributed by atoms with E-state index < -0.39 is 11.9 Å². The first-order valence-corrected chi connectivity index (χ1v) is 6.63. The minimum absolute atomic E-state index is 0.000802. The number of H-pyrrole nitrogens is 1. The van der Waals surface area contributed by atoms with E-state index in [4.69, 9.17) is 4.74 Å². The lowest BCUT2D eigenvalue weighted by Gasteiger charge is -2.18. The summed E-state index contributed by atoms with van der Waals surface area (Å²) in [6, 6.07) is 0. The van der Waals surface area contributed by atoms with Crippen LogP contribution in [0.2, 0.25) is 0 Å². The molecule has 1 saturated heterocycles. The predicted octanol–water partition coefficient (Wildman–Crippen LogP) is 0.149.